The maximum atomic E-state index is 4.13. The first kappa shape index (κ1) is 8.65. The van der Waals surface area contributed by atoms with Crippen molar-refractivity contribution in [2.75, 3.05) is 7.05 Å². The molecule has 0 N–H and O–H groups in total. The van der Waals surface area contributed by atoms with Crippen molar-refractivity contribution in [2.45, 2.75) is 6.92 Å². The minimum absolute atomic E-state index is 0.889. The molecule has 2 heteroatoms. The summed E-state index contributed by atoms with van der Waals surface area (Å²) in [5.74, 6) is 0. The predicted molar refractivity (Wildman–Crippen MR) is 53.9 cm³/mol. The Bertz CT molecular complexity index is 304. The normalized spacial score (nSPS) is 20.7. The third kappa shape index (κ3) is 2.02. The van der Waals surface area contributed by atoms with Crippen molar-refractivity contribution in [1.29, 1.82) is 0 Å². The van der Waals surface area contributed by atoms with Gasteiger partial charge in [-0.3, -0.25) is 4.99 Å². The van der Waals surface area contributed by atoms with Crippen LogP contribution < -0.4 is 0 Å². The van der Waals surface area contributed by atoms with E-state index < -0.39 is 0 Å². The number of hydrogen-bond acceptors (Lipinski definition) is 1. The number of aliphatic imine (C=N–C) groups is 2. The molecule has 62 valence electrons. The van der Waals surface area contributed by atoms with Crippen LogP contribution in [0.5, 0.6) is 0 Å². The summed E-state index contributed by atoms with van der Waals surface area (Å²) in [5.41, 5.74) is 3.01. The molecule has 2 nitrogen and oxygen atoms in total. The molecule has 0 fully saturated rings. The third-order valence-corrected chi connectivity index (χ3v) is 1.55. The Hall–Kier alpha value is -1.44. The summed E-state index contributed by atoms with van der Waals surface area (Å²) in [6, 6.07) is 0. The third-order valence-electron chi connectivity index (χ3n) is 1.55. The largest absolute Gasteiger partial charge is 0.277 e. The Balaban J connectivity index is 2.92. The summed E-state index contributed by atoms with van der Waals surface area (Å²) in [5, 5.41) is 0. The molecule has 0 saturated heterocycles. The Morgan fingerprint density at radius 2 is 2.17 bits per heavy atom. The molecule has 0 unspecified atom stereocenters. The molecule has 0 aromatic heterocycles. The van der Waals surface area contributed by atoms with E-state index in [1.165, 1.54) is 11.9 Å². The average molecular weight is 160 g/mol. The molecule has 0 aliphatic heterocycles. The van der Waals surface area contributed by atoms with Gasteiger partial charge >= 0.3 is 0 Å². The summed E-state index contributed by atoms with van der Waals surface area (Å²) in [6.45, 7) is 5.89. The number of allylic oxidation sites excluding steroid dienone is 5. The van der Waals surface area contributed by atoms with Gasteiger partial charge in [-0.05, 0) is 24.1 Å². The van der Waals surface area contributed by atoms with Crippen LogP contribution in [0.4, 0.5) is 0 Å². The summed E-state index contributed by atoms with van der Waals surface area (Å²) >= 11 is 0. The first-order valence-electron chi connectivity index (χ1n) is 3.78. The second kappa shape index (κ2) is 3.81. The van der Waals surface area contributed by atoms with Crippen LogP contribution in [0, 0.1) is 0 Å². The van der Waals surface area contributed by atoms with Gasteiger partial charge in [0.25, 0.3) is 0 Å². The minimum atomic E-state index is 0.889. The average Bonchev–Trinajstić information content (AvgIpc) is 2.07. The topological polar surface area (TPSA) is 24.7 Å². The lowest BCUT2D eigenvalue weighted by atomic mass is 10.0. The van der Waals surface area contributed by atoms with E-state index in [0.717, 1.165) is 11.3 Å². The van der Waals surface area contributed by atoms with Crippen molar-refractivity contribution in [2.24, 2.45) is 9.98 Å². The van der Waals surface area contributed by atoms with Gasteiger partial charge in [0.1, 0.15) is 6.34 Å². The quantitative estimate of drug-likeness (QED) is 0.415. The van der Waals surface area contributed by atoms with E-state index in [1.807, 2.05) is 25.2 Å². The highest BCUT2D eigenvalue weighted by Gasteiger charge is 2.02. The SMILES string of the molecule is C=C1C=CC(C)=CC1=NC=NC. The Labute approximate surface area is 72.7 Å². The van der Waals surface area contributed by atoms with Crippen LogP contribution in [0.15, 0.2) is 45.9 Å². The Kier molecular flexibility index (Phi) is 2.75. The van der Waals surface area contributed by atoms with E-state index in [9.17, 15) is 0 Å². The molecule has 1 rings (SSSR count). The van der Waals surface area contributed by atoms with E-state index in [0.29, 0.717) is 0 Å². The number of nitrogens with zero attached hydrogens (tertiary/aromatic N) is 2. The zero-order chi connectivity index (χ0) is 8.97. The molecular formula is C10H12N2. The molecule has 1 aliphatic rings. The smallest absolute Gasteiger partial charge is 0.110 e. The van der Waals surface area contributed by atoms with Gasteiger partial charge < -0.3 is 0 Å². The molecule has 0 spiro atoms. The summed E-state index contributed by atoms with van der Waals surface area (Å²) in [6.07, 6.45) is 7.50. The second-order valence-electron chi connectivity index (χ2n) is 2.63. The summed E-state index contributed by atoms with van der Waals surface area (Å²) in [4.78, 5) is 7.91. The molecular weight excluding hydrogens is 148 g/mol. The first-order chi connectivity index (χ1) is 5.74. The zero-order valence-corrected chi connectivity index (χ0v) is 7.41. The van der Waals surface area contributed by atoms with Crippen LogP contribution in [0.3, 0.4) is 0 Å². The minimum Gasteiger partial charge on any atom is -0.277 e. The van der Waals surface area contributed by atoms with Crippen LogP contribution in [0.2, 0.25) is 0 Å². The van der Waals surface area contributed by atoms with Crippen molar-refractivity contribution in [3.05, 3.63) is 36.0 Å². The van der Waals surface area contributed by atoms with Gasteiger partial charge in [-0.25, -0.2) is 4.99 Å². The van der Waals surface area contributed by atoms with E-state index >= 15 is 0 Å². The fourth-order valence-electron chi connectivity index (χ4n) is 0.914. The number of hydrogen-bond donors (Lipinski definition) is 0. The predicted octanol–water partition coefficient (Wildman–Crippen LogP) is 2.16. The van der Waals surface area contributed by atoms with E-state index in [-0.39, 0.29) is 0 Å². The van der Waals surface area contributed by atoms with Crippen molar-refractivity contribution in [3.63, 3.8) is 0 Å². The van der Waals surface area contributed by atoms with E-state index in [1.54, 1.807) is 7.05 Å². The Morgan fingerprint density at radius 1 is 1.42 bits per heavy atom. The van der Waals surface area contributed by atoms with Crippen LogP contribution in [0.25, 0.3) is 0 Å². The molecule has 0 bridgehead atoms. The first-order valence-corrected chi connectivity index (χ1v) is 3.78. The van der Waals surface area contributed by atoms with Crippen LogP contribution in [-0.4, -0.2) is 19.1 Å². The maximum Gasteiger partial charge on any atom is 0.110 e. The lowest BCUT2D eigenvalue weighted by molar-refractivity contribution is 1.43. The van der Waals surface area contributed by atoms with Gasteiger partial charge in [-0.1, -0.05) is 18.7 Å². The van der Waals surface area contributed by atoms with E-state index in [4.69, 9.17) is 0 Å². The Morgan fingerprint density at radius 3 is 2.83 bits per heavy atom. The molecule has 0 radical (unpaired) electrons. The van der Waals surface area contributed by atoms with Gasteiger partial charge in [0.05, 0.1) is 5.71 Å². The molecule has 0 atom stereocenters. The van der Waals surface area contributed by atoms with Crippen molar-refractivity contribution >= 4 is 12.1 Å². The number of rotatable bonds is 1. The lowest BCUT2D eigenvalue weighted by Crippen LogP contribution is -2.00. The highest BCUT2D eigenvalue weighted by molar-refractivity contribution is 6.14. The van der Waals surface area contributed by atoms with Crippen LogP contribution in [0.1, 0.15) is 6.92 Å². The van der Waals surface area contributed by atoms with Crippen LogP contribution >= 0.6 is 0 Å². The lowest BCUT2D eigenvalue weighted by Gasteiger charge is -2.05. The van der Waals surface area contributed by atoms with Crippen molar-refractivity contribution in [1.82, 2.24) is 0 Å². The highest BCUT2D eigenvalue weighted by Crippen LogP contribution is 2.10. The maximum absolute atomic E-state index is 4.13. The van der Waals surface area contributed by atoms with Gasteiger partial charge in [0.2, 0.25) is 0 Å². The summed E-state index contributed by atoms with van der Waals surface area (Å²) < 4.78 is 0. The second-order valence-corrected chi connectivity index (χ2v) is 2.63. The fraction of sp³-hybridized carbons (Fsp3) is 0.200. The van der Waals surface area contributed by atoms with E-state index in [2.05, 4.69) is 16.6 Å². The standard InChI is InChI=1S/C10H12N2/c1-8-4-5-9(2)10(6-8)12-7-11-3/h4-7H,2H2,1,3H3. The molecule has 1 aliphatic carbocycles. The van der Waals surface area contributed by atoms with Crippen LogP contribution in [-0.2, 0) is 0 Å². The van der Waals surface area contributed by atoms with Gasteiger partial charge in [0.15, 0.2) is 0 Å². The van der Waals surface area contributed by atoms with Gasteiger partial charge in [-0.15, -0.1) is 0 Å². The fourth-order valence-corrected chi connectivity index (χ4v) is 0.914. The summed E-state index contributed by atoms with van der Waals surface area (Å²) in [7, 11) is 1.70. The molecule has 12 heavy (non-hydrogen) atoms. The molecule has 0 aromatic carbocycles. The van der Waals surface area contributed by atoms with Gasteiger partial charge in [0, 0.05) is 7.05 Å². The molecule has 0 amide bonds. The van der Waals surface area contributed by atoms with Gasteiger partial charge in [-0.2, -0.15) is 0 Å². The monoisotopic (exact) mass is 160 g/mol. The zero-order valence-electron chi connectivity index (χ0n) is 7.41. The highest BCUT2D eigenvalue weighted by atomic mass is 14.8. The van der Waals surface area contributed by atoms with Crippen molar-refractivity contribution in [3.8, 4) is 0 Å². The molecule has 0 saturated carbocycles. The molecule has 0 heterocycles. The molecule has 0 aromatic rings. The van der Waals surface area contributed by atoms with Crippen molar-refractivity contribution < 1.29 is 0 Å².